The Hall–Kier alpha value is -1.81. The molecule has 0 saturated heterocycles. The van der Waals surface area contributed by atoms with Crippen molar-refractivity contribution in [1.82, 2.24) is 9.36 Å². The van der Waals surface area contributed by atoms with Crippen LogP contribution in [-0.2, 0) is 6.61 Å². The molecule has 5 N–H and O–H groups in total. The summed E-state index contributed by atoms with van der Waals surface area (Å²) in [6.45, 7) is -0.304. The van der Waals surface area contributed by atoms with Crippen LogP contribution in [0.3, 0.4) is 0 Å². The molecule has 2 aromatic rings. The number of carbonyl (C=O) groups excluding carboxylic acids is 1. The van der Waals surface area contributed by atoms with E-state index in [4.69, 9.17) is 22.4 Å². The highest BCUT2D eigenvalue weighted by Crippen LogP contribution is 2.22. The molecule has 0 aliphatic carbocycles. The lowest BCUT2D eigenvalue weighted by Gasteiger charge is -2.09. The van der Waals surface area contributed by atoms with Gasteiger partial charge in [-0.2, -0.15) is 4.37 Å². The van der Waals surface area contributed by atoms with Crippen molar-refractivity contribution in [2.24, 2.45) is 5.73 Å². The summed E-state index contributed by atoms with van der Waals surface area (Å²) in [4.78, 5) is 15.6. The lowest BCUT2D eigenvalue weighted by molar-refractivity contribution is 0.262. The summed E-state index contributed by atoms with van der Waals surface area (Å²) in [7, 11) is 0. The van der Waals surface area contributed by atoms with Crippen molar-refractivity contribution in [3.8, 4) is 0 Å². The van der Waals surface area contributed by atoms with E-state index in [1.807, 2.05) is 0 Å². The van der Waals surface area contributed by atoms with Gasteiger partial charge in [-0.3, -0.25) is 11.1 Å². The lowest BCUT2D eigenvalue weighted by atomic mass is 10.2. The number of pyridine rings is 1. The van der Waals surface area contributed by atoms with E-state index in [9.17, 15) is 9.18 Å². The molecule has 21 heavy (non-hydrogen) atoms. The Morgan fingerprint density at radius 3 is 2.90 bits per heavy atom. The van der Waals surface area contributed by atoms with Gasteiger partial charge in [-0.15, -0.1) is 0 Å². The molecule has 2 amide bonds. The highest BCUT2D eigenvalue weighted by atomic mass is 35.5. The van der Waals surface area contributed by atoms with Crippen LogP contribution in [0.1, 0.15) is 17.6 Å². The van der Waals surface area contributed by atoms with Gasteiger partial charge in [0.25, 0.3) is 0 Å². The molecule has 0 spiro atoms. The Kier molecular flexibility index (Phi) is 5.02. The molecule has 0 aromatic carbocycles. The fourth-order valence-electron chi connectivity index (χ4n) is 1.44. The molecule has 112 valence electrons. The first kappa shape index (κ1) is 15.6. The first-order valence-corrected chi connectivity index (χ1v) is 6.84. The van der Waals surface area contributed by atoms with Crippen molar-refractivity contribution in [3.05, 3.63) is 34.7 Å². The lowest BCUT2D eigenvalue weighted by Crippen LogP contribution is -2.19. The molecule has 0 fully saturated rings. The SMILES string of the molecule is NC(F)c1cc(NC(=O)Nc2cc(Cl)ncc2CO)sn1. The van der Waals surface area contributed by atoms with Crippen molar-refractivity contribution >= 4 is 39.9 Å². The summed E-state index contributed by atoms with van der Waals surface area (Å²) in [5, 5.41) is 14.6. The number of nitrogens with two attached hydrogens (primary N) is 1. The second kappa shape index (κ2) is 6.76. The minimum atomic E-state index is -1.69. The monoisotopic (exact) mass is 331 g/mol. The zero-order valence-electron chi connectivity index (χ0n) is 10.5. The number of anilines is 2. The summed E-state index contributed by atoms with van der Waals surface area (Å²) in [6, 6.07) is 2.15. The smallest absolute Gasteiger partial charge is 0.324 e. The van der Waals surface area contributed by atoms with E-state index in [0.29, 0.717) is 16.3 Å². The summed E-state index contributed by atoms with van der Waals surface area (Å²) in [5.74, 6) is 0. The van der Waals surface area contributed by atoms with Gasteiger partial charge in [0.15, 0.2) is 6.30 Å². The van der Waals surface area contributed by atoms with E-state index in [1.165, 1.54) is 18.3 Å². The third-order valence-electron chi connectivity index (χ3n) is 2.42. The van der Waals surface area contributed by atoms with E-state index < -0.39 is 12.3 Å². The second-order valence-electron chi connectivity index (χ2n) is 3.92. The molecule has 7 nitrogen and oxygen atoms in total. The van der Waals surface area contributed by atoms with Crippen molar-refractivity contribution in [3.63, 3.8) is 0 Å². The fourth-order valence-corrected chi connectivity index (χ4v) is 2.27. The van der Waals surface area contributed by atoms with Crippen molar-refractivity contribution in [2.45, 2.75) is 12.9 Å². The van der Waals surface area contributed by atoms with Crippen molar-refractivity contribution in [1.29, 1.82) is 0 Å². The largest absolute Gasteiger partial charge is 0.392 e. The van der Waals surface area contributed by atoms with Crippen LogP contribution in [0, 0.1) is 0 Å². The zero-order valence-corrected chi connectivity index (χ0v) is 12.1. The quantitative estimate of drug-likeness (QED) is 0.507. The predicted octanol–water partition coefficient (Wildman–Crippen LogP) is 2.25. The molecule has 2 aromatic heterocycles. The standard InChI is InChI=1S/C11H11ClFN5O2S/c12-8-1-6(5(4-19)3-15-8)16-11(20)17-9-2-7(10(13)14)18-21-9/h1-3,10,19H,4,14H2,(H2,15,16,17,20). The number of nitrogens with zero attached hydrogens (tertiary/aromatic N) is 2. The van der Waals surface area contributed by atoms with Gasteiger partial charge < -0.3 is 10.4 Å². The van der Waals surface area contributed by atoms with Gasteiger partial charge in [-0.1, -0.05) is 11.6 Å². The first-order chi connectivity index (χ1) is 9.99. The minimum Gasteiger partial charge on any atom is -0.392 e. The number of carbonyl (C=O) groups is 1. The topological polar surface area (TPSA) is 113 Å². The summed E-state index contributed by atoms with van der Waals surface area (Å²) in [5.41, 5.74) is 5.80. The Labute approximate surface area is 128 Å². The Morgan fingerprint density at radius 1 is 1.52 bits per heavy atom. The molecule has 2 heterocycles. The molecule has 0 aliphatic heterocycles. The van der Waals surface area contributed by atoms with Crippen molar-refractivity contribution < 1.29 is 14.3 Å². The van der Waals surface area contributed by atoms with Crippen LogP contribution < -0.4 is 16.4 Å². The maximum atomic E-state index is 12.8. The van der Waals surface area contributed by atoms with Gasteiger partial charge in [-0.25, -0.2) is 14.2 Å². The van der Waals surface area contributed by atoms with Crippen LogP contribution in [0.2, 0.25) is 5.15 Å². The second-order valence-corrected chi connectivity index (χ2v) is 5.11. The van der Waals surface area contributed by atoms with E-state index in [1.54, 1.807) is 0 Å². The number of urea groups is 1. The summed E-state index contributed by atoms with van der Waals surface area (Å²) < 4.78 is 16.6. The van der Waals surface area contributed by atoms with Gasteiger partial charge in [0, 0.05) is 17.8 Å². The number of hydrogen-bond donors (Lipinski definition) is 4. The molecule has 0 radical (unpaired) electrons. The van der Waals surface area contributed by atoms with Crippen LogP contribution >= 0.6 is 23.1 Å². The number of aliphatic hydroxyl groups excluding tert-OH is 1. The van der Waals surface area contributed by atoms with Gasteiger partial charge in [0.2, 0.25) is 0 Å². The molecule has 0 bridgehead atoms. The summed E-state index contributed by atoms with van der Waals surface area (Å²) >= 11 is 6.63. The molecule has 0 saturated carbocycles. The highest BCUT2D eigenvalue weighted by Gasteiger charge is 2.12. The van der Waals surface area contributed by atoms with E-state index in [-0.39, 0.29) is 17.5 Å². The van der Waals surface area contributed by atoms with Crippen LogP contribution in [0.4, 0.5) is 19.9 Å². The zero-order chi connectivity index (χ0) is 15.4. The number of aromatic nitrogens is 2. The third-order valence-corrected chi connectivity index (χ3v) is 3.34. The van der Waals surface area contributed by atoms with E-state index >= 15 is 0 Å². The molecule has 1 unspecified atom stereocenters. The molecule has 0 aliphatic rings. The number of rotatable bonds is 4. The fraction of sp³-hybridized carbons (Fsp3) is 0.182. The van der Waals surface area contributed by atoms with Gasteiger partial charge in [0.05, 0.1) is 12.3 Å². The van der Waals surface area contributed by atoms with Crippen LogP contribution in [0.5, 0.6) is 0 Å². The average molecular weight is 332 g/mol. The highest BCUT2D eigenvalue weighted by molar-refractivity contribution is 7.10. The number of amides is 2. The number of hydrogen-bond acceptors (Lipinski definition) is 6. The molecular weight excluding hydrogens is 321 g/mol. The maximum Gasteiger partial charge on any atom is 0.324 e. The third kappa shape index (κ3) is 4.08. The Balaban J connectivity index is 2.06. The number of halogens is 2. The van der Waals surface area contributed by atoms with Crippen LogP contribution in [-0.4, -0.2) is 20.5 Å². The number of nitrogens with one attached hydrogen (secondary N) is 2. The normalized spacial score (nSPS) is 12.0. The Morgan fingerprint density at radius 2 is 2.29 bits per heavy atom. The molecule has 2 rings (SSSR count). The first-order valence-electron chi connectivity index (χ1n) is 5.69. The predicted molar refractivity (Wildman–Crippen MR) is 78.0 cm³/mol. The van der Waals surface area contributed by atoms with Gasteiger partial charge >= 0.3 is 6.03 Å². The minimum absolute atomic E-state index is 0.0401. The maximum absolute atomic E-state index is 12.8. The number of alkyl halides is 1. The van der Waals surface area contributed by atoms with Gasteiger partial charge in [-0.05, 0) is 17.6 Å². The average Bonchev–Trinajstić information content (AvgIpc) is 2.87. The van der Waals surface area contributed by atoms with Crippen LogP contribution in [0.15, 0.2) is 18.3 Å². The van der Waals surface area contributed by atoms with Crippen molar-refractivity contribution in [2.75, 3.05) is 10.6 Å². The van der Waals surface area contributed by atoms with Crippen LogP contribution in [0.25, 0.3) is 0 Å². The van der Waals surface area contributed by atoms with Gasteiger partial charge in [0.1, 0.15) is 15.8 Å². The summed E-state index contributed by atoms with van der Waals surface area (Å²) in [6.07, 6.45) is -0.343. The Bertz CT molecular complexity index is 651. The molecule has 1 atom stereocenters. The van der Waals surface area contributed by atoms with E-state index in [2.05, 4.69) is 20.0 Å². The van der Waals surface area contributed by atoms with E-state index in [0.717, 1.165) is 11.5 Å². The number of aliphatic hydroxyl groups is 1. The molecular formula is C11H11ClFN5O2S. The molecule has 10 heteroatoms.